The SMILES string of the molecule is Cc1[nH]c2ccccc2c1C(=O)Cn1cnc2c(cnn2-c2ccccc2)c1=O. The molecule has 3 heterocycles. The highest BCUT2D eigenvalue weighted by Gasteiger charge is 2.18. The molecular weight excluding hydrogens is 366 g/mol. The first-order valence-electron chi connectivity index (χ1n) is 9.22. The minimum Gasteiger partial charge on any atom is -0.358 e. The number of aromatic nitrogens is 5. The van der Waals surface area contributed by atoms with Crippen molar-refractivity contribution < 1.29 is 4.79 Å². The van der Waals surface area contributed by atoms with E-state index in [2.05, 4.69) is 15.1 Å². The van der Waals surface area contributed by atoms with Crippen molar-refractivity contribution in [3.63, 3.8) is 0 Å². The molecule has 0 saturated heterocycles. The smallest absolute Gasteiger partial charge is 0.264 e. The van der Waals surface area contributed by atoms with Gasteiger partial charge in [-0.1, -0.05) is 36.4 Å². The molecule has 0 unspecified atom stereocenters. The first kappa shape index (κ1) is 17.1. The summed E-state index contributed by atoms with van der Waals surface area (Å²) in [6.45, 7) is 1.78. The quantitative estimate of drug-likeness (QED) is 0.483. The number of hydrogen-bond acceptors (Lipinski definition) is 4. The molecule has 1 N–H and O–H groups in total. The average molecular weight is 383 g/mol. The number of carbonyl (C=O) groups excluding carboxylic acids is 1. The molecule has 3 aromatic heterocycles. The van der Waals surface area contributed by atoms with Gasteiger partial charge in [0.1, 0.15) is 11.7 Å². The Morgan fingerprint density at radius 2 is 1.79 bits per heavy atom. The predicted molar refractivity (Wildman–Crippen MR) is 110 cm³/mol. The Labute approximate surface area is 165 Å². The van der Waals surface area contributed by atoms with Crippen molar-refractivity contribution in [2.75, 3.05) is 0 Å². The normalized spacial score (nSPS) is 11.3. The van der Waals surface area contributed by atoms with Crippen LogP contribution >= 0.6 is 0 Å². The third-order valence-electron chi connectivity index (χ3n) is 5.04. The number of rotatable bonds is 4. The van der Waals surface area contributed by atoms with E-state index in [1.54, 1.807) is 4.68 Å². The summed E-state index contributed by atoms with van der Waals surface area (Å²) in [4.78, 5) is 33.6. The molecule has 5 rings (SSSR count). The predicted octanol–water partition coefficient (Wildman–Crippen LogP) is 3.25. The Hall–Kier alpha value is -4.00. The van der Waals surface area contributed by atoms with E-state index in [1.807, 2.05) is 61.5 Å². The topological polar surface area (TPSA) is 85.6 Å². The van der Waals surface area contributed by atoms with Crippen molar-refractivity contribution in [3.05, 3.63) is 88.7 Å². The van der Waals surface area contributed by atoms with Gasteiger partial charge in [-0.05, 0) is 25.1 Å². The Morgan fingerprint density at radius 3 is 2.62 bits per heavy atom. The number of H-pyrrole nitrogens is 1. The van der Waals surface area contributed by atoms with Gasteiger partial charge in [-0.15, -0.1) is 0 Å². The summed E-state index contributed by atoms with van der Waals surface area (Å²) in [5.41, 5.74) is 3.29. The number of para-hydroxylation sites is 2. The van der Waals surface area contributed by atoms with Gasteiger partial charge in [0.05, 0.1) is 18.4 Å². The fourth-order valence-electron chi connectivity index (χ4n) is 3.69. The van der Waals surface area contributed by atoms with Crippen LogP contribution in [0.1, 0.15) is 16.1 Å². The summed E-state index contributed by atoms with van der Waals surface area (Å²) in [6, 6.07) is 17.1. The number of Topliss-reactive ketones (excluding diaryl/α,β-unsaturated/α-hetero) is 1. The highest BCUT2D eigenvalue weighted by atomic mass is 16.1. The molecule has 0 atom stereocenters. The van der Waals surface area contributed by atoms with Crippen LogP contribution < -0.4 is 5.56 Å². The maximum atomic E-state index is 13.0. The summed E-state index contributed by atoms with van der Waals surface area (Å²) >= 11 is 0. The molecule has 7 nitrogen and oxygen atoms in total. The van der Waals surface area contributed by atoms with E-state index in [-0.39, 0.29) is 17.9 Å². The Bertz CT molecular complexity index is 1430. The lowest BCUT2D eigenvalue weighted by Crippen LogP contribution is -2.24. The summed E-state index contributed by atoms with van der Waals surface area (Å²) < 4.78 is 2.95. The summed E-state index contributed by atoms with van der Waals surface area (Å²) in [5, 5.41) is 5.53. The van der Waals surface area contributed by atoms with Gasteiger partial charge in [0.2, 0.25) is 0 Å². The van der Waals surface area contributed by atoms with Crippen molar-refractivity contribution in [3.8, 4) is 5.69 Å². The van der Waals surface area contributed by atoms with Crippen molar-refractivity contribution >= 4 is 27.7 Å². The number of hydrogen-bond donors (Lipinski definition) is 1. The van der Waals surface area contributed by atoms with Crippen LogP contribution in [-0.2, 0) is 6.54 Å². The second kappa shape index (κ2) is 6.56. The number of fused-ring (bicyclic) bond motifs is 2. The molecule has 0 aliphatic rings. The molecule has 0 spiro atoms. The van der Waals surface area contributed by atoms with Gasteiger partial charge in [0, 0.05) is 22.2 Å². The van der Waals surface area contributed by atoms with Gasteiger partial charge in [-0.3, -0.25) is 14.2 Å². The summed E-state index contributed by atoms with van der Waals surface area (Å²) in [6.07, 6.45) is 2.91. The number of nitrogens with zero attached hydrogens (tertiary/aromatic N) is 4. The Morgan fingerprint density at radius 1 is 1.03 bits per heavy atom. The number of benzene rings is 2. The monoisotopic (exact) mass is 383 g/mol. The molecule has 0 aliphatic heterocycles. The van der Waals surface area contributed by atoms with Crippen LogP contribution in [-0.4, -0.2) is 30.1 Å². The maximum absolute atomic E-state index is 13.0. The standard InChI is InChI=1S/C22H17N5O2/c1-14-20(16-9-5-6-10-18(16)25-14)19(28)12-26-13-23-21-17(22(26)29)11-24-27(21)15-7-3-2-4-8-15/h2-11,13,25H,12H2,1H3. The largest absolute Gasteiger partial charge is 0.358 e. The maximum Gasteiger partial charge on any atom is 0.264 e. The molecule has 0 saturated carbocycles. The van der Waals surface area contributed by atoms with Gasteiger partial charge in [-0.25, -0.2) is 9.67 Å². The molecule has 142 valence electrons. The second-order valence-electron chi connectivity index (χ2n) is 6.90. The van der Waals surface area contributed by atoms with E-state index < -0.39 is 0 Å². The van der Waals surface area contributed by atoms with E-state index in [4.69, 9.17) is 0 Å². The van der Waals surface area contributed by atoms with Crippen molar-refractivity contribution in [1.29, 1.82) is 0 Å². The summed E-state index contributed by atoms with van der Waals surface area (Å²) in [7, 11) is 0. The molecule has 29 heavy (non-hydrogen) atoms. The first-order valence-corrected chi connectivity index (χ1v) is 9.22. The van der Waals surface area contributed by atoms with E-state index >= 15 is 0 Å². The lowest BCUT2D eigenvalue weighted by molar-refractivity contribution is 0.0971. The van der Waals surface area contributed by atoms with Crippen molar-refractivity contribution in [2.24, 2.45) is 0 Å². The van der Waals surface area contributed by atoms with Crippen LogP contribution in [0.4, 0.5) is 0 Å². The number of aromatic amines is 1. The minimum atomic E-state index is -0.289. The van der Waals surface area contributed by atoms with Crippen LogP contribution in [0.15, 0.2) is 71.9 Å². The van der Waals surface area contributed by atoms with Gasteiger partial charge in [-0.2, -0.15) is 5.10 Å². The lowest BCUT2D eigenvalue weighted by Gasteiger charge is -2.06. The molecule has 0 amide bonds. The first-order chi connectivity index (χ1) is 14.1. The Balaban J connectivity index is 1.54. The number of nitrogens with one attached hydrogen (secondary N) is 1. The summed E-state index contributed by atoms with van der Waals surface area (Å²) in [5.74, 6) is -0.140. The van der Waals surface area contributed by atoms with E-state index in [1.165, 1.54) is 17.1 Å². The molecule has 5 aromatic rings. The van der Waals surface area contributed by atoms with Gasteiger partial charge >= 0.3 is 0 Å². The number of carbonyl (C=O) groups is 1. The van der Waals surface area contributed by atoms with Crippen LogP contribution in [0.25, 0.3) is 27.6 Å². The van der Waals surface area contributed by atoms with Gasteiger partial charge in [0.25, 0.3) is 5.56 Å². The second-order valence-corrected chi connectivity index (χ2v) is 6.90. The van der Waals surface area contributed by atoms with E-state index in [9.17, 15) is 9.59 Å². The highest BCUT2D eigenvalue weighted by Crippen LogP contribution is 2.22. The zero-order valence-corrected chi connectivity index (χ0v) is 15.7. The lowest BCUT2D eigenvalue weighted by atomic mass is 10.1. The van der Waals surface area contributed by atoms with Crippen LogP contribution in [0, 0.1) is 6.92 Å². The third-order valence-corrected chi connectivity index (χ3v) is 5.04. The molecular formula is C22H17N5O2. The van der Waals surface area contributed by atoms with Gasteiger partial charge < -0.3 is 4.98 Å². The van der Waals surface area contributed by atoms with Gasteiger partial charge in [0.15, 0.2) is 11.4 Å². The average Bonchev–Trinajstić information content (AvgIpc) is 3.31. The van der Waals surface area contributed by atoms with Crippen LogP contribution in [0.5, 0.6) is 0 Å². The fourth-order valence-corrected chi connectivity index (χ4v) is 3.69. The fraction of sp³-hybridized carbons (Fsp3) is 0.0909. The zero-order valence-electron chi connectivity index (χ0n) is 15.7. The molecule has 0 fully saturated rings. The molecule has 2 aromatic carbocycles. The molecule has 0 bridgehead atoms. The minimum absolute atomic E-state index is 0.0824. The number of aryl methyl sites for hydroxylation is 1. The molecule has 7 heteroatoms. The van der Waals surface area contributed by atoms with Crippen molar-refractivity contribution in [1.82, 2.24) is 24.3 Å². The third kappa shape index (κ3) is 2.75. The molecule has 0 aliphatic carbocycles. The zero-order chi connectivity index (χ0) is 20.0. The number of ketones is 1. The van der Waals surface area contributed by atoms with E-state index in [0.717, 1.165) is 22.3 Å². The van der Waals surface area contributed by atoms with Crippen LogP contribution in [0.3, 0.4) is 0 Å². The van der Waals surface area contributed by atoms with Crippen LogP contribution in [0.2, 0.25) is 0 Å². The van der Waals surface area contributed by atoms with E-state index in [0.29, 0.717) is 16.6 Å². The van der Waals surface area contributed by atoms with Crippen molar-refractivity contribution in [2.45, 2.75) is 13.5 Å². The molecule has 0 radical (unpaired) electrons. The Kier molecular flexibility index (Phi) is 3.87. The highest BCUT2D eigenvalue weighted by molar-refractivity contribution is 6.09.